The van der Waals surface area contributed by atoms with Crippen LogP contribution in [0.4, 0.5) is 17.5 Å². The molecule has 1 fully saturated rings. The van der Waals surface area contributed by atoms with Gasteiger partial charge in [0.25, 0.3) is 0 Å². The van der Waals surface area contributed by atoms with E-state index in [-0.39, 0.29) is 0 Å². The van der Waals surface area contributed by atoms with E-state index in [2.05, 4.69) is 53.3 Å². The fourth-order valence-electron chi connectivity index (χ4n) is 2.84. The molecule has 0 saturated carbocycles. The Balaban J connectivity index is 1.83. The molecule has 2 heterocycles. The molecule has 0 aliphatic carbocycles. The summed E-state index contributed by atoms with van der Waals surface area (Å²) in [5.41, 5.74) is 4.61. The van der Waals surface area contributed by atoms with Gasteiger partial charge in [-0.3, -0.25) is 0 Å². The molecule has 0 spiro atoms. The minimum Gasteiger partial charge on any atom is -0.356 e. The Kier molecular flexibility index (Phi) is 4.27. The molecule has 0 atom stereocenters. The van der Waals surface area contributed by atoms with Crippen molar-refractivity contribution in [2.45, 2.75) is 40.0 Å². The zero-order chi connectivity index (χ0) is 15.5. The maximum Gasteiger partial charge on any atom is 0.229 e. The molecule has 116 valence electrons. The third kappa shape index (κ3) is 3.38. The predicted octanol–water partition coefficient (Wildman–Crippen LogP) is 4.14. The second-order valence-corrected chi connectivity index (χ2v) is 6.16. The van der Waals surface area contributed by atoms with Gasteiger partial charge < -0.3 is 10.2 Å². The molecule has 4 nitrogen and oxygen atoms in total. The van der Waals surface area contributed by atoms with Crippen LogP contribution in [0.2, 0.25) is 0 Å². The van der Waals surface area contributed by atoms with Crippen molar-refractivity contribution >= 4 is 17.5 Å². The van der Waals surface area contributed by atoms with Crippen LogP contribution in [-0.2, 0) is 0 Å². The average molecular weight is 296 g/mol. The number of nitrogens with one attached hydrogen (secondary N) is 1. The standard InChI is InChI=1S/C18H24N4/c1-13-7-8-16(11-14(13)2)20-18-19-15(3)12-17(21-18)22-9-5-4-6-10-22/h7-8,11-12H,4-6,9-10H2,1-3H3,(H,19,20,21). The van der Waals surface area contributed by atoms with Crippen LogP contribution >= 0.6 is 0 Å². The first-order chi connectivity index (χ1) is 10.6. The molecular weight excluding hydrogens is 272 g/mol. The van der Waals surface area contributed by atoms with Crippen LogP contribution in [0.5, 0.6) is 0 Å². The second kappa shape index (κ2) is 6.34. The molecule has 0 unspecified atom stereocenters. The summed E-state index contributed by atoms with van der Waals surface area (Å²) < 4.78 is 0. The number of hydrogen-bond acceptors (Lipinski definition) is 4. The molecule has 2 aromatic rings. The lowest BCUT2D eigenvalue weighted by Gasteiger charge is -2.28. The predicted molar refractivity (Wildman–Crippen MR) is 92.0 cm³/mol. The van der Waals surface area contributed by atoms with E-state index in [1.807, 2.05) is 6.92 Å². The zero-order valence-electron chi connectivity index (χ0n) is 13.7. The number of hydrogen-bond donors (Lipinski definition) is 1. The van der Waals surface area contributed by atoms with Gasteiger partial charge in [0.05, 0.1) is 0 Å². The van der Waals surface area contributed by atoms with Crippen LogP contribution in [0, 0.1) is 20.8 Å². The number of nitrogens with zero attached hydrogens (tertiary/aromatic N) is 3. The van der Waals surface area contributed by atoms with E-state index >= 15 is 0 Å². The number of piperidine rings is 1. The third-order valence-corrected chi connectivity index (χ3v) is 4.28. The number of benzene rings is 1. The van der Waals surface area contributed by atoms with E-state index in [1.54, 1.807) is 0 Å². The van der Waals surface area contributed by atoms with Crippen LogP contribution < -0.4 is 10.2 Å². The van der Waals surface area contributed by atoms with Crippen molar-refractivity contribution in [1.29, 1.82) is 0 Å². The molecule has 1 aromatic heterocycles. The Morgan fingerprint density at radius 1 is 0.909 bits per heavy atom. The highest BCUT2D eigenvalue weighted by Crippen LogP contribution is 2.22. The number of aryl methyl sites for hydroxylation is 3. The van der Waals surface area contributed by atoms with Crippen LogP contribution in [-0.4, -0.2) is 23.1 Å². The third-order valence-electron chi connectivity index (χ3n) is 4.28. The highest BCUT2D eigenvalue weighted by Gasteiger charge is 2.14. The molecule has 22 heavy (non-hydrogen) atoms. The second-order valence-electron chi connectivity index (χ2n) is 6.16. The SMILES string of the molecule is Cc1cc(N2CCCCC2)nc(Nc2ccc(C)c(C)c2)n1. The first-order valence-electron chi connectivity index (χ1n) is 8.07. The van der Waals surface area contributed by atoms with Crippen LogP contribution in [0.15, 0.2) is 24.3 Å². The van der Waals surface area contributed by atoms with Crippen LogP contribution in [0.25, 0.3) is 0 Å². The highest BCUT2D eigenvalue weighted by atomic mass is 15.2. The zero-order valence-corrected chi connectivity index (χ0v) is 13.7. The van der Waals surface area contributed by atoms with Gasteiger partial charge >= 0.3 is 0 Å². The summed E-state index contributed by atoms with van der Waals surface area (Å²) >= 11 is 0. The lowest BCUT2D eigenvalue weighted by Crippen LogP contribution is -2.30. The van der Waals surface area contributed by atoms with E-state index in [9.17, 15) is 0 Å². The smallest absolute Gasteiger partial charge is 0.229 e. The first kappa shape index (κ1) is 14.8. The van der Waals surface area contributed by atoms with E-state index in [0.717, 1.165) is 30.3 Å². The van der Waals surface area contributed by atoms with Crippen molar-refractivity contribution in [3.63, 3.8) is 0 Å². The number of anilines is 3. The Labute approximate surface area is 132 Å². The fourth-order valence-corrected chi connectivity index (χ4v) is 2.84. The molecule has 1 saturated heterocycles. The largest absolute Gasteiger partial charge is 0.356 e. The van der Waals surface area contributed by atoms with Crippen molar-refractivity contribution in [3.05, 3.63) is 41.1 Å². The molecule has 1 aromatic carbocycles. The van der Waals surface area contributed by atoms with Crippen molar-refractivity contribution in [2.75, 3.05) is 23.3 Å². The van der Waals surface area contributed by atoms with Crippen molar-refractivity contribution in [2.24, 2.45) is 0 Å². The lowest BCUT2D eigenvalue weighted by atomic mass is 10.1. The average Bonchev–Trinajstić information content (AvgIpc) is 2.51. The van der Waals surface area contributed by atoms with Crippen molar-refractivity contribution in [1.82, 2.24) is 9.97 Å². The summed E-state index contributed by atoms with van der Waals surface area (Å²) in [6.45, 7) is 8.47. The van der Waals surface area contributed by atoms with Crippen molar-refractivity contribution in [3.8, 4) is 0 Å². The van der Waals surface area contributed by atoms with Gasteiger partial charge in [-0.1, -0.05) is 6.07 Å². The summed E-state index contributed by atoms with van der Waals surface area (Å²) in [5.74, 6) is 1.72. The Morgan fingerprint density at radius 3 is 2.41 bits per heavy atom. The first-order valence-corrected chi connectivity index (χ1v) is 8.07. The molecule has 1 aliphatic rings. The molecular formula is C18H24N4. The molecule has 3 rings (SSSR count). The molecule has 1 aliphatic heterocycles. The minimum absolute atomic E-state index is 0.684. The van der Waals surface area contributed by atoms with Gasteiger partial charge in [0.1, 0.15) is 5.82 Å². The number of aromatic nitrogens is 2. The maximum absolute atomic E-state index is 4.71. The van der Waals surface area contributed by atoms with Gasteiger partial charge in [-0.15, -0.1) is 0 Å². The van der Waals surface area contributed by atoms with Gasteiger partial charge in [-0.2, -0.15) is 4.98 Å². The van der Waals surface area contributed by atoms with Gasteiger partial charge in [0.2, 0.25) is 5.95 Å². The van der Waals surface area contributed by atoms with Gasteiger partial charge in [0, 0.05) is 30.5 Å². The summed E-state index contributed by atoms with van der Waals surface area (Å²) in [5, 5.41) is 3.34. The van der Waals surface area contributed by atoms with E-state index in [1.165, 1.54) is 30.4 Å². The fraction of sp³-hybridized carbons (Fsp3) is 0.444. The molecule has 0 amide bonds. The van der Waals surface area contributed by atoms with Gasteiger partial charge in [-0.05, 0) is 63.3 Å². The molecule has 0 radical (unpaired) electrons. The molecule has 1 N–H and O–H groups in total. The lowest BCUT2D eigenvalue weighted by molar-refractivity contribution is 0.573. The summed E-state index contributed by atoms with van der Waals surface area (Å²) in [6, 6.07) is 8.42. The highest BCUT2D eigenvalue weighted by molar-refractivity contribution is 5.57. The minimum atomic E-state index is 0.684. The van der Waals surface area contributed by atoms with Crippen LogP contribution in [0.3, 0.4) is 0 Å². The van der Waals surface area contributed by atoms with Gasteiger partial charge in [-0.25, -0.2) is 4.98 Å². The van der Waals surface area contributed by atoms with E-state index in [0.29, 0.717) is 5.95 Å². The maximum atomic E-state index is 4.71. The Hall–Kier alpha value is -2.10. The molecule has 0 bridgehead atoms. The summed E-state index contributed by atoms with van der Waals surface area (Å²) in [6.07, 6.45) is 3.83. The summed E-state index contributed by atoms with van der Waals surface area (Å²) in [7, 11) is 0. The molecule has 4 heteroatoms. The Morgan fingerprint density at radius 2 is 1.68 bits per heavy atom. The van der Waals surface area contributed by atoms with Crippen molar-refractivity contribution < 1.29 is 0 Å². The van der Waals surface area contributed by atoms with Crippen LogP contribution in [0.1, 0.15) is 36.1 Å². The normalized spacial score (nSPS) is 15.0. The monoisotopic (exact) mass is 296 g/mol. The summed E-state index contributed by atoms with van der Waals surface area (Å²) in [4.78, 5) is 11.6. The van der Waals surface area contributed by atoms with Gasteiger partial charge in [0.15, 0.2) is 0 Å². The topological polar surface area (TPSA) is 41.1 Å². The Bertz CT molecular complexity index is 660. The number of rotatable bonds is 3. The quantitative estimate of drug-likeness (QED) is 0.924. The van der Waals surface area contributed by atoms with E-state index in [4.69, 9.17) is 4.98 Å². The van der Waals surface area contributed by atoms with E-state index < -0.39 is 0 Å².